The van der Waals surface area contributed by atoms with Crippen LogP contribution in [0.15, 0.2) is 12.1 Å². The first kappa shape index (κ1) is 17.4. The highest BCUT2D eigenvalue weighted by Crippen LogP contribution is 2.40. The average molecular weight is 346 g/mol. The van der Waals surface area contributed by atoms with Crippen molar-refractivity contribution in [1.82, 2.24) is 0 Å². The van der Waals surface area contributed by atoms with Crippen LogP contribution >= 0.6 is 23.2 Å². The normalized spacial score (nSPS) is 18.0. The minimum absolute atomic E-state index is 0.187. The van der Waals surface area contributed by atoms with Crippen molar-refractivity contribution < 1.29 is 14.6 Å². The molecule has 1 fully saturated rings. The fourth-order valence-electron chi connectivity index (χ4n) is 2.68. The zero-order valence-corrected chi connectivity index (χ0v) is 14.4. The molecule has 1 N–H and O–H groups in total. The summed E-state index contributed by atoms with van der Waals surface area (Å²) in [6.07, 6.45) is 3.46. The number of anilines is 1. The van der Waals surface area contributed by atoms with E-state index in [0.29, 0.717) is 5.02 Å². The monoisotopic (exact) mass is 345 g/mol. The number of halogens is 2. The summed E-state index contributed by atoms with van der Waals surface area (Å²) >= 11 is 12.7. The Kier molecular flexibility index (Phi) is 5.59. The van der Waals surface area contributed by atoms with E-state index in [-0.39, 0.29) is 17.2 Å². The van der Waals surface area contributed by atoms with Gasteiger partial charge in [0.25, 0.3) is 0 Å². The van der Waals surface area contributed by atoms with E-state index in [1.54, 1.807) is 13.0 Å². The number of aliphatic hydroxyl groups is 1. The Labute approximate surface area is 141 Å². The summed E-state index contributed by atoms with van der Waals surface area (Å²) in [6.45, 7) is 5.10. The number of esters is 1. The molecule has 0 aliphatic carbocycles. The summed E-state index contributed by atoms with van der Waals surface area (Å²) in [5, 5.41) is 11.0. The standard InChI is InChI=1S/C16H21Cl2NO3/c1-3-22-15(20)16(2,21)11-7-8-12(14(18)13(11)17)19-9-5-4-6-10-19/h7-8,21H,3-6,9-10H2,1-2H3. The molecule has 0 aromatic heterocycles. The van der Waals surface area contributed by atoms with Gasteiger partial charge in [0.2, 0.25) is 0 Å². The van der Waals surface area contributed by atoms with Gasteiger partial charge in [0.05, 0.1) is 22.3 Å². The minimum atomic E-state index is -1.82. The zero-order valence-electron chi connectivity index (χ0n) is 12.9. The SMILES string of the molecule is CCOC(=O)C(C)(O)c1ccc(N2CCCCC2)c(Cl)c1Cl. The summed E-state index contributed by atoms with van der Waals surface area (Å²) in [4.78, 5) is 14.1. The molecule has 0 saturated carbocycles. The Hall–Kier alpha value is -0.970. The van der Waals surface area contributed by atoms with E-state index in [1.165, 1.54) is 13.3 Å². The van der Waals surface area contributed by atoms with Gasteiger partial charge in [0, 0.05) is 18.7 Å². The Morgan fingerprint density at radius 2 is 1.91 bits per heavy atom. The predicted octanol–water partition coefficient (Wildman–Crippen LogP) is 3.75. The molecule has 1 unspecified atom stereocenters. The third-order valence-corrected chi connectivity index (χ3v) is 4.83. The van der Waals surface area contributed by atoms with Gasteiger partial charge in [-0.3, -0.25) is 0 Å². The number of piperidine rings is 1. The number of rotatable bonds is 4. The van der Waals surface area contributed by atoms with E-state index in [9.17, 15) is 9.90 Å². The van der Waals surface area contributed by atoms with E-state index < -0.39 is 11.6 Å². The summed E-state index contributed by atoms with van der Waals surface area (Å²) < 4.78 is 4.90. The van der Waals surface area contributed by atoms with Crippen molar-refractivity contribution in [2.75, 3.05) is 24.6 Å². The number of hydrogen-bond donors (Lipinski definition) is 1. The molecule has 4 nitrogen and oxygen atoms in total. The van der Waals surface area contributed by atoms with Crippen LogP contribution < -0.4 is 4.90 Å². The van der Waals surface area contributed by atoms with Gasteiger partial charge in [-0.2, -0.15) is 0 Å². The van der Waals surface area contributed by atoms with Crippen molar-refractivity contribution in [1.29, 1.82) is 0 Å². The van der Waals surface area contributed by atoms with E-state index >= 15 is 0 Å². The van der Waals surface area contributed by atoms with Gasteiger partial charge in [0.15, 0.2) is 5.60 Å². The lowest BCUT2D eigenvalue weighted by Gasteiger charge is -2.31. The number of carbonyl (C=O) groups is 1. The van der Waals surface area contributed by atoms with Crippen molar-refractivity contribution in [2.45, 2.75) is 38.7 Å². The number of carbonyl (C=O) groups excluding carboxylic acids is 1. The Morgan fingerprint density at radius 1 is 1.27 bits per heavy atom. The van der Waals surface area contributed by atoms with Crippen LogP contribution in [0.4, 0.5) is 5.69 Å². The van der Waals surface area contributed by atoms with Crippen LogP contribution in [-0.2, 0) is 15.1 Å². The Morgan fingerprint density at radius 3 is 2.50 bits per heavy atom. The van der Waals surface area contributed by atoms with E-state index in [2.05, 4.69) is 4.90 Å². The van der Waals surface area contributed by atoms with Gasteiger partial charge in [-0.25, -0.2) is 4.79 Å². The van der Waals surface area contributed by atoms with Gasteiger partial charge in [0.1, 0.15) is 0 Å². The van der Waals surface area contributed by atoms with Crippen LogP contribution in [0.5, 0.6) is 0 Å². The first-order chi connectivity index (χ1) is 10.4. The number of ether oxygens (including phenoxy) is 1. The minimum Gasteiger partial charge on any atom is -0.464 e. The molecule has 1 atom stereocenters. The second-order valence-corrected chi connectivity index (χ2v) is 6.36. The molecule has 0 bridgehead atoms. The maximum atomic E-state index is 11.9. The molecule has 1 heterocycles. The first-order valence-corrected chi connectivity index (χ1v) is 8.28. The third kappa shape index (κ3) is 3.34. The summed E-state index contributed by atoms with van der Waals surface area (Å²) in [5.41, 5.74) is -0.717. The van der Waals surface area contributed by atoms with Crippen LogP contribution in [0.25, 0.3) is 0 Å². The number of benzene rings is 1. The third-order valence-electron chi connectivity index (χ3n) is 3.96. The van der Waals surface area contributed by atoms with Gasteiger partial charge >= 0.3 is 5.97 Å². The maximum absolute atomic E-state index is 11.9. The highest BCUT2D eigenvalue weighted by Gasteiger charge is 2.37. The van der Waals surface area contributed by atoms with Crippen LogP contribution in [0.1, 0.15) is 38.7 Å². The van der Waals surface area contributed by atoms with Crippen LogP contribution in [0.3, 0.4) is 0 Å². The van der Waals surface area contributed by atoms with Gasteiger partial charge in [-0.05, 0) is 39.2 Å². The van der Waals surface area contributed by atoms with E-state index in [0.717, 1.165) is 31.6 Å². The molecular formula is C16H21Cl2NO3. The quantitative estimate of drug-likeness (QED) is 0.844. The van der Waals surface area contributed by atoms with Crippen molar-refractivity contribution in [3.05, 3.63) is 27.7 Å². The van der Waals surface area contributed by atoms with Crippen LogP contribution in [-0.4, -0.2) is 30.8 Å². The first-order valence-electron chi connectivity index (χ1n) is 7.52. The molecule has 1 aromatic carbocycles. The highest BCUT2D eigenvalue weighted by molar-refractivity contribution is 6.44. The highest BCUT2D eigenvalue weighted by atomic mass is 35.5. The molecule has 1 saturated heterocycles. The lowest BCUT2D eigenvalue weighted by molar-refractivity contribution is -0.164. The predicted molar refractivity (Wildman–Crippen MR) is 88.7 cm³/mol. The zero-order chi connectivity index (χ0) is 16.3. The van der Waals surface area contributed by atoms with Gasteiger partial charge < -0.3 is 14.7 Å². The lowest BCUT2D eigenvalue weighted by Crippen LogP contribution is -2.35. The molecule has 0 amide bonds. The van der Waals surface area contributed by atoms with Crippen LogP contribution in [0, 0.1) is 0 Å². The number of hydrogen-bond acceptors (Lipinski definition) is 4. The second-order valence-electron chi connectivity index (χ2n) is 5.60. The summed E-state index contributed by atoms with van der Waals surface area (Å²) in [5.74, 6) is -0.737. The van der Waals surface area contributed by atoms with Crippen molar-refractivity contribution >= 4 is 34.9 Å². The molecule has 1 aliphatic rings. The molecule has 6 heteroatoms. The molecule has 2 rings (SSSR count). The Bertz CT molecular complexity index is 555. The largest absolute Gasteiger partial charge is 0.464 e. The summed E-state index contributed by atoms with van der Waals surface area (Å²) in [7, 11) is 0. The van der Waals surface area contributed by atoms with Gasteiger partial charge in [-0.15, -0.1) is 0 Å². The topological polar surface area (TPSA) is 49.8 Å². The molecule has 1 aliphatic heterocycles. The second kappa shape index (κ2) is 7.07. The van der Waals surface area contributed by atoms with Gasteiger partial charge in [-0.1, -0.05) is 29.3 Å². The van der Waals surface area contributed by atoms with Crippen molar-refractivity contribution in [3.63, 3.8) is 0 Å². The maximum Gasteiger partial charge on any atom is 0.342 e. The van der Waals surface area contributed by atoms with Crippen molar-refractivity contribution in [2.24, 2.45) is 0 Å². The Balaban J connectivity index is 2.35. The lowest BCUT2D eigenvalue weighted by atomic mass is 9.95. The van der Waals surface area contributed by atoms with E-state index in [1.807, 2.05) is 6.07 Å². The average Bonchev–Trinajstić information content (AvgIpc) is 2.50. The summed E-state index contributed by atoms with van der Waals surface area (Å²) in [6, 6.07) is 3.46. The fourth-order valence-corrected chi connectivity index (χ4v) is 3.30. The fraction of sp³-hybridized carbons (Fsp3) is 0.562. The molecule has 0 spiro atoms. The van der Waals surface area contributed by atoms with E-state index in [4.69, 9.17) is 27.9 Å². The number of nitrogens with zero attached hydrogens (tertiary/aromatic N) is 1. The molecule has 1 aromatic rings. The molecule has 122 valence electrons. The molecule has 22 heavy (non-hydrogen) atoms. The van der Waals surface area contributed by atoms with Crippen molar-refractivity contribution in [3.8, 4) is 0 Å². The smallest absolute Gasteiger partial charge is 0.342 e. The molecular weight excluding hydrogens is 325 g/mol. The van der Waals surface area contributed by atoms with Crippen LogP contribution in [0.2, 0.25) is 10.0 Å². The molecule has 0 radical (unpaired) electrons.